The van der Waals surface area contributed by atoms with Crippen LogP contribution in [0.4, 0.5) is 5.69 Å². The fraction of sp³-hybridized carbons (Fsp3) is 0.391. The third-order valence-electron chi connectivity index (χ3n) is 5.09. The number of rotatable bonds is 7. The van der Waals surface area contributed by atoms with Gasteiger partial charge in [-0.05, 0) is 43.5 Å². The molecular weight excluding hydrogens is 350 g/mol. The van der Waals surface area contributed by atoms with Gasteiger partial charge in [-0.1, -0.05) is 49.4 Å². The fourth-order valence-electron chi connectivity index (χ4n) is 3.61. The summed E-state index contributed by atoms with van der Waals surface area (Å²) < 4.78 is 0. The van der Waals surface area contributed by atoms with Gasteiger partial charge in [0.15, 0.2) is 0 Å². The Balaban J connectivity index is 1.62. The Morgan fingerprint density at radius 1 is 1.07 bits per heavy atom. The van der Waals surface area contributed by atoms with Crippen LogP contribution in [0.1, 0.15) is 42.1 Å². The highest BCUT2D eigenvalue weighted by molar-refractivity contribution is 6.04. The molecule has 0 aromatic heterocycles. The molecule has 0 saturated carbocycles. The molecule has 0 spiro atoms. The minimum atomic E-state index is -0.146. The first-order valence-electron chi connectivity index (χ1n) is 10.1. The maximum atomic E-state index is 12.9. The number of nitrogens with zero attached hydrogens (tertiary/aromatic N) is 1. The zero-order valence-corrected chi connectivity index (χ0v) is 16.5. The van der Waals surface area contributed by atoms with Crippen LogP contribution in [0, 0.1) is 5.92 Å². The van der Waals surface area contributed by atoms with Crippen molar-refractivity contribution in [1.29, 1.82) is 0 Å². The van der Waals surface area contributed by atoms with Gasteiger partial charge < -0.3 is 10.6 Å². The molecule has 2 N–H and O–H groups in total. The van der Waals surface area contributed by atoms with Crippen molar-refractivity contribution in [1.82, 2.24) is 10.2 Å². The molecule has 148 valence electrons. The van der Waals surface area contributed by atoms with Gasteiger partial charge in [0.1, 0.15) is 0 Å². The molecule has 2 amide bonds. The largest absolute Gasteiger partial charge is 0.352 e. The maximum Gasteiger partial charge on any atom is 0.253 e. The topological polar surface area (TPSA) is 61.4 Å². The van der Waals surface area contributed by atoms with Crippen LogP contribution in [0.15, 0.2) is 54.6 Å². The molecule has 0 aliphatic carbocycles. The predicted octanol–water partition coefficient (Wildman–Crippen LogP) is 3.68. The van der Waals surface area contributed by atoms with E-state index in [9.17, 15) is 9.59 Å². The zero-order chi connectivity index (χ0) is 19.8. The molecule has 1 fully saturated rings. The number of carbonyl (C=O) groups excluding carboxylic acids is 2. The number of amides is 2. The van der Waals surface area contributed by atoms with Crippen molar-refractivity contribution in [2.45, 2.75) is 32.7 Å². The van der Waals surface area contributed by atoms with E-state index in [1.165, 1.54) is 5.56 Å². The molecule has 1 unspecified atom stereocenters. The number of piperidine rings is 1. The molecule has 3 rings (SSSR count). The first-order chi connectivity index (χ1) is 13.7. The minimum Gasteiger partial charge on any atom is -0.352 e. The lowest BCUT2D eigenvalue weighted by Gasteiger charge is -2.32. The lowest BCUT2D eigenvalue weighted by molar-refractivity contribution is -0.121. The summed E-state index contributed by atoms with van der Waals surface area (Å²) in [5, 5.41) is 5.87. The number of nitrogens with one attached hydrogen (secondary N) is 2. The summed E-state index contributed by atoms with van der Waals surface area (Å²) >= 11 is 0. The summed E-state index contributed by atoms with van der Waals surface area (Å²) in [6, 6.07) is 17.6. The van der Waals surface area contributed by atoms with E-state index < -0.39 is 0 Å². The second-order valence-electron chi connectivity index (χ2n) is 7.35. The molecule has 1 aliphatic rings. The van der Waals surface area contributed by atoms with Gasteiger partial charge in [-0.25, -0.2) is 0 Å². The first-order valence-corrected chi connectivity index (χ1v) is 10.1. The highest BCUT2D eigenvalue weighted by Crippen LogP contribution is 2.22. The molecule has 28 heavy (non-hydrogen) atoms. The standard InChI is InChI=1S/C23H29N3O2/c1-2-14-24-23(28)20-12-6-7-13-21(20)25-22(27)19-11-8-15-26(17-19)16-18-9-4-3-5-10-18/h3-7,9-10,12-13,19H,2,8,11,14-17H2,1H3,(H,24,28)(H,25,27). The Kier molecular flexibility index (Phi) is 7.20. The minimum absolute atomic E-state index is 0.00602. The van der Waals surface area contributed by atoms with Gasteiger partial charge in [-0.15, -0.1) is 0 Å². The van der Waals surface area contributed by atoms with Crippen LogP contribution in [0.3, 0.4) is 0 Å². The summed E-state index contributed by atoms with van der Waals surface area (Å²) in [7, 11) is 0. The Bertz CT molecular complexity index is 791. The lowest BCUT2D eigenvalue weighted by atomic mass is 9.96. The predicted molar refractivity (Wildman–Crippen MR) is 112 cm³/mol. The van der Waals surface area contributed by atoms with E-state index in [1.807, 2.05) is 37.3 Å². The molecule has 2 aromatic carbocycles. The van der Waals surface area contributed by atoms with Gasteiger partial charge in [0.05, 0.1) is 17.2 Å². The molecule has 5 nitrogen and oxygen atoms in total. The zero-order valence-electron chi connectivity index (χ0n) is 16.5. The fourth-order valence-corrected chi connectivity index (χ4v) is 3.61. The van der Waals surface area contributed by atoms with Gasteiger partial charge in [0.2, 0.25) is 5.91 Å². The number of benzene rings is 2. The number of anilines is 1. The number of likely N-dealkylation sites (tertiary alicyclic amines) is 1. The van der Waals surface area contributed by atoms with E-state index in [4.69, 9.17) is 0 Å². The normalized spacial score (nSPS) is 17.1. The van der Waals surface area contributed by atoms with Crippen LogP contribution in [-0.2, 0) is 11.3 Å². The molecule has 5 heteroatoms. The molecule has 2 aromatic rings. The van der Waals surface area contributed by atoms with E-state index in [0.717, 1.165) is 38.9 Å². The van der Waals surface area contributed by atoms with Gasteiger partial charge in [0.25, 0.3) is 5.91 Å². The van der Waals surface area contributed by atoms with Gasteiger partial charge >= 0.3 is 0 Å². The van der Waals surface area contributed by atoms with Crippen LogP contribution in [0.25, 0.3) is 0 Å². The van der Waals surface area contributed by atoms with E-state index in [0.29, 0.717) is 17.8 Å². The number of para-hydroxylation sites is 1. The summed E-state index contributed by atoms with van der Waals surface area (Å²) in [5.74, 6) is -0.218. The highest BCUT2D eigenvalue weighted by atomic mass is 16.2. The summed E-state index contributed by atoms with van der Waals surface area (Å²) in [6.45, 7) is 5.25. The number of carbonyl (C=O) groups is 2. The van der Waals surface area contributed by atoms with Crippen LogP contribution < -0.4 is 10.6 Å². The molecular formula is C23H29N3O2. The van der Waals surface area contributed by atoms with Crippen LogP contribution in [0.2, 0.25) is 0 Å². The summed E-state index contributed by atoms with van der Waals surface area (Å²) in [5.41, 5.74) is 2.36. The van der Waals surface area contributed by atoms with Crippen LogP contribution in [-0.4, -0.2) is 36.3 Å². The van der Waals surface area contributed by atoms with E-state index >= 15 is 0 Å². The maximum absolute atomic E-state index is 12.9. The molecule has 1 heterocycles. The van der Waals surface area contributed by atoms with E-state index in [-0.39, 0.29) is 17.7 Å². The van der Waals surface area contributed by atoms with Gasteiger partial charge in [-0.2, -0.15) is 0 Å². The van der Waals surface area contributed by atoms with Crippen molar-refractivity contribution in [2.24, 2.45) is 5.92 Å². The van der Waals surface area contributed by atoms with E-state index in [2.05, 4.69) is 27.7 Å². The Hall–Kier alpha value is -2.66. The molecule has 0 bridgehead atoms. The van der Waals surface area contributed by atoms with Crippen molar-refractivity contribution in [3.05, 3.63) is 65.7 Å². The summed E-state index contributed by atoms with van der Waals surface area (Å²) in [6.07, 6.45) is 2.75. The smallest absolute Gasteiger partial charge is 0.253 e. The van der Waals surface area contributed by atoms with Crippen molar-refractivity contribution in [3.8, 4) is 0 Å². The monoisotopic (exact) mass is 379 g/mol. The quantitative estimate of drug-likeness (QED) is 0.771. The third kappa shape index (κ3) is 5.42. The Morgan fingerprint density at radius 3 is 2.61 bits per heavy atom. The van der Waals surface area contributed by atoms with Crippen molar-refractivity contribution in [3.63, 3.8) is 0 Å². The lowest BCUT2D eigenvalue weighted by Crippen LogP contribution is -2.40. The van der Waals surface area contributed by atoms with Crippen molar-refractivity contribution in [2.75, 3.05) is 25.0 Å². The molecule has 1 atom stereocenters. The first kappa shape index (κ1) is 20.1. The second kappa shape index (κ2) is 10.0. The van der Waals surface area contributed by atoms with Gasteiger partial charge in [-0.3, -0.25) is 14.5 Å². The van der Waals surface area contributed by atoms with Crippen molar-refractivity contribution < 1.29 is 9.59 Å². The second-order valence-corrected chi connectivity index (χ2v) is 7.35. The average Bonchev–Trinajstić information content (AvgIpc) is 2.73. The van der Waals surface area contributed by atoms with Crippen molar-refractivity contribution >= 4 is 17.5 Å². The highest BCUT2D eigenvalue weighted by Gasteiger charge is 2.26. The SMILES string of the molecule is CCCNC(=O)c1ccccc1NC(=O)C1CCCN(Cc2ccccc2)C1. The third-order valence-corrected chi connectivity index (χ3v) is 5.09. The average molecular weight is 380 g/mol. The molecule has 1 aliphatic heterocycles. The van der Waals surface area contributed by atoms with Crippen LogP contribution in [0.5, 0.6) is 0 Å². The van der Waals surface area contributed by atoms with Crippen LogP contribution >= 0.6 is 0 Å². The Labute approximate surface area is 167 Å². The summed E-state index contributed by atoms with van der Waals surface area (Å²) in [4.78, 5) is 27.6. The van der Waals surface area contributed by atoms with E-state index in [1.54, 1.807) is 12.1 Å². The number of hydrogen-bond acceptors (Lipinski definition) is 3. The molecule has 1 saturated heterocycles. The Morgan fingerprint density at radius 2 is 1.82 bits per heavy atom. The molecule has 0 radical (unpaired) electrons. The van der Waals surface area contributed by atoms with Gasteiger partial charge in [0, 0.05) is 19.6 Å². The number of hydrogen-bond donors (Lipinski definition) is 2.